The topological polar surface area (TPSA) is 50.8 Å². The number of hydrogen-bond acceptors (Lipinski definition) is 4. The summed E-state index contributed by atoms with van der Waals surface area (Å²) in [7, 11) is 3.35. The number of nitrogens with zero attached hydrogens (tertiary/aromatic N) is 1. The third-order valence-corrected chi connectivity index (χ3v) is 6.30. The van der Waals surface area contributed by atoms with Gasteiger partial charge in [-0.3, -0.25) is 9.69 Å². The van der Waals surface area contributed by atoms with E-state index >= 15 is 0 Å². The van der Waals surface area contributed by atoms with Crippen LogP contribution in [-0.2, 0) is 11.3 Å². The summed E-state index contributed by atoms with van der Waals surface area (Å²) < 4.78 is 10.9. The van der Waals surface area contributed by atoms with Gasteiger partial charge in [-0.1, -0.05) is 30.3 Å². The summed E-state index contributed by atoms with van der Waals surface area (Å²) in [5, 5.41) is 3.18. The molecule has 2 aromatic carbocycles. The number of piperidine rings is 1. The minimum atomic E-state index is 0.0382. The van der Waals surface area contributed by atoms with E-state index < -0.39 is 0 Å². The Bertz CT molecular complexity index is 828. The van der Waals surface area contributed by atoms with Crippen LogP contribution in [0.1, 0.15) is 42.9 Å². The average molecular weight is 409 g/mol. The van der Waals surface area contributed by atoms with Gasteiger partial charge in [0.1, 0.15) is 11.5 Å². The molecule has 30 heavy (non-hydrogen) atoms. The summed E-state index contributed by atoms with van der Waals surface area (Å²) in [5.74, 6) is 2.53. The zero-order chi connectivity index (χ0) is 20.9. The summed E-state index contributed by atoms with van der Waals surface area (Å²) in [5.41, 5.74) is 2.44. The highest BCUT2D eigenvalue weighted by atomic mass is 16.5. The molecule has 1 aliphatic heterocycles. The predicted molar refractivity (Wildman–Crippen MR) is 118 cm³/mol. The highest BCUT2D eigenvalue weighted by molar-refractivity contribution is 5.79. The van der Waals surface area contributed by atoms with Gasteiger partial charge in [0, 0.05) is 31.7 Å². The van der Waals surface area contributed by atoms with Crippen LogP contribution in [-0.4, -0.2) is 38.1 Å². The molecule has 2 unspecified atom stereocenters. The van der Waals surface area contributed by atoms with Crippen LogP contribution in [0.25, 0.3) is 0 Å². The first-order chi connectivity index (χ1) is 14.7. The molecule has 0 radical (unpaired) electrons. The summed E-state index contributed by atoms with van der Waals surface area (Å²) in [6.45, 7) is 2.35. The lowest BCUT2D eigenvalue weighted by Crippen LogP contribution is -2.44. The maximum Gasteiger partial charge on any atom is 0.224 e. The smallest absolute Gasteiger partial charge is 0.224 e. The van der Waals surface area contributed by atoms with Crippen LogP contribution in [0.2, 0.25) is 0 Å². The molecule has 2 atom stereocenters. The predicted octanol–water partition coefficient (Wildman–Crippen LogP) is 4.18. The Balaban J connectivity index is 1.53. The van der Waals surface area contributed by atoms with Gasteiger partial charge in [-0.15, -0.1) is 0 Å². The van der Waals surface area contributed by atoms with E-state index in [0.717, 1.165) is 49.5 Å². The molecule has 2 fully saturated rings. The molecule has 1 heterocycles. The van der Waals surface area contributed by atoms with Gasteiger partial charge in [0.15, 0.2) is 0 Å². The molecule has 2 aromatic rings. The van der Waals surface area contributed by atoms with Crippen molar-refractivity contribution in [3.8, 4) is 11.5 Å². The molecule has 1 aliphatic carbocycles. The molecule has 5 heteroatoms. The largest absolute Gasteiger partial charge is 0.497 e. The number of carbonyl (C=O) groups excluding carboxylic acids is 1. The average Bonchev–Trinajstić information content (AvgIpc) is 3.62. The lowest BCUT2D eigenvalue weighted by atomic mass is 9.88. The normalized spacial score (nSPS) is 21.8. The van der Waals surface area contributed by atoms with Crippen molar-refractivity contribution in [1.82, 2.24) is 10.2 Å². The highest BCUT2D eigenvalue weighted by Gasteiger charge is 2.33. The van der Waals surface area contributed by atoms with Gasteiger partial charge >= 0.3 is 0 Å². The van der Waals surface area contributed by atoms with Gasteiger partial charge in [0.2, 0.25) is 5.91 Å². The van der Waals surface area contributed by atoms with Crippen molar-refractivity contribution < 1.29 is 14.3 Å². The molecule has 1 amide bonds. The van der Waals surface area contributed by atoms with Gasteiger partial charge in [0.25, 0.3) is 0 Å². The fourth-order valence-corrected chi connectivity index (χ4v) is 4.39. The molecule has 1 saturated carbocycles. The van der Waals surface area contributed by atoms with Crippen LogP contribution >= 0.6 is 0 Å². The monoisotopic (exact) mass is 408 g/mol. The quantitative estimate of drug-likeness (QED) is 0.712. The second-order valence-corrected chi connectivity index (χ2v) is 8.54. The van der Waals surface area contributed by atoms with E-state index in [0.29, 0.717) is 12.0 Å². The van der Waals surface area contributed by atoms with Crippen LogP contribution in [0.15, 0.2) is 48.5 Å². The Hall–Kier alpha value is -2.53. The second-order valence-electron chi connectivity index (χ2n) is 8.54. The minimum absolute atomic E-state index is 0.0382. The van der Waals surface area contributed by atoms with E-state index in [4.69, 9.17) is 9.47 Å². The Morgan fingerprint density at radius 3 is 2.33 bits per heavy atom. The van der Waals surface area contributed by atoms with Crippen molar-refractivity contribution in [1.29, 1.82) is 0 Å². The molecule has 1 saturated heterocycles. The third-order valence-electron chi connectivity index (χ3n) is 6.30. The van der Waals surface area contributed by atoms with Crippen molar-refractivity contribution in [3.63, 3.8) is 0 Å². The second kappa shape index (κ2) is 9.52. The van der Waals surface area contributed by atoms with E-state index in [1.807, 2.05) is 6.07 Å². The van der Waals surface area contributed by atoms with Gasteiger partial charge < -0.3 is 14.8 Å². The number of ether oxygens (including phenoxy) is 2. The molecule has 0 aromatic heterocycles. The van der Waals surface area contributed by atoms with Crippen LogP contribution < -0.4 is 14.8 Å². The fourth-order valence-electron chi connectivity index (χ4n) is 4.39. The SMILES string of the molecule is COc1cc(CN2CC(C(=O)NCC3CC3)CCC2c2ccccc2)cc(OC)c1. The number of amides is 1. The van der Waals surface area contributed by atoms with Gasteiger partial charge in [-0.2, -0.15) is 0 Å². The Morgan fingerprint density at radius 2 is 1.70 bits per heavy atom. The number of methoxy groups -OCH3 is 2. The molecule has 0 bridgehead atoms. The molecule has 0 spiro atoms. The number of rotatable bonds is 8. The molecule has 5 nitrogen and oxygen atoms in total. The molecule has 1 N–H and O–H groups in total. The zero-order valence-electron chi connectivity index (χ0n) is 18.0. The van der Waals surface area contributed by atoms with Crippen LogP contribution in [0.3, 0.4) is 0 Å². The van der Waals surface area contributed by atoms with E-state index in [1.165, 1.54) is 18.4 Å². The fraction of sp³-hybridized carbons (Fsp3) is 0.480. The lowest BCUT2D eigenvalue weighted by molar-refractivity contribution is -0.127. The van der Waals surface area contributed by atoms with Crippen LogP contribution in [0, 0.1) is 11.8 Å². The van der Waals surface area contributed by atoms with E-state index in [9.17, 15) is 4.79 Å². The summed E-state index contributed by atoms with van der Waals surface area (Å²) >= 11 is 0. The van der Waals surface area contributed by atoms with E-state index in [-0.39, 0.29) is 11.8 Å². The molecule has 160 valence electrons. The number of benzene rings is 2. The summed E-state index contributed by atoms with van der Waals surface area (Å²) in [6.07, 6.45) is 4.41. The summed E-state index contributed by atoms with van der Waals surface area (Å²) in [6, 6.07) is 16.9. The number of nitrogens with one attached hydrogen (secondary N) is 1. The zero-order valence-corrected chi connectivity index (χ0v) is 18.0. The maximum atomic E-state index is 12.8. The first-order valence-electron chi connectivity index (χ1n) is 10.9. The standard InChI is InChI=1S/C25H32N2O3/c1-29-22-12-19(13-23(14-22)30-2)16-27-17-21(25(28)26-15-18-8-9-18)10-11-24(27)20-6-4-3-5-7-20/h3-7,12-14,18,21,24H,8-11,15-17H2,1-2H3,(H,26,28). The lowest BCUT2D eigenvalue weighted by Gasteiger charge is -2.39. The first kappa shape index (κ1) is 20.7. The van der Waals surface area contributed by atoms with E-state index in [1.54, 1.807) is 14.2 Å². The summed E-state index contributed by atoms with van der Waals surface area (Å²) in [4.78, 5) is 15.2. The maximum absolute atomic E-state index is 12.8. The van der Waals surface area contributed by atoms with E-state index in [2.05, 4.69) is 52.7 Å². The van der Waals surface area contributed by atoms with Crippen molar-refractivity contribution in [2.24, 2.45) is 11.8 Å². The first-order valence-corrected chi connectivity index (χ1v) is 10.9. The Labute approximate surface area is 179 Å². The van der Waals surface area contributed by atoms with Crippen molar-refractivity contribution >= 4 is 5.91 Å². The minimum Gasteiger partial charge on any atom is -0.497 e. The number of hydrogen-bond donors (Lipinski definition) is 1. The molecule has 4 rings (SSSR count). The van der Waals surface area contributed by atoms with Crippen molar-refractivity contribution in [2.75, 3.05) is 27.3 Å². The van der Waals surface area contributed by atoms with Gasteiger partial charge in [-0.25, -0.2) is 0 Å². The van der Waals surface area contributed by atoms with Gasteiger partial charge in [-0.05, 0) is 54.9 Å². The van der Waals surface area contributed by atoms with Crippen LogP contribution in [0.4, 0.5) is 0 Å². The van der Waals surface area contributed by atoms with Crippen molar-refractivity contribution in [3.05, 3.63) is 59.7 Å². The number of likely N-dealkylation sites (tertiary alicyclic amines) is 1. The molecule has 2 aliphatic rings. The third kappa shape index (κ3) is 5.14. The Morgan fingerprint density at radius 1 is 1.00 bits per heavy atom. The number of carbonyl (C=O) groups is 1. The van der Waals surface area contributed by atoms with Crippen LogP contribution in [0.5, 0.6) is 11.5 Å². The van der Waals surface area contributed by atoms with Gasteiger partial charge in [0.05, 0.1) is 20.1 Å². The highest BCUT2D eigenvalue weighted by Crippen LogP contribution is 2.36. The Kier molecular flexibility index (Phi) is 6.58. The molecular weight excluding hydrogens is 376 g/mol. The molecular formula is C25H32N2O3. The van der Waals surface area contributed by atoms with Crippen molar-refractivity contribution in [2.45, 2.75) is 38.3 Å².